The van der Waals surface area contributed by atoms with Crippen LogP contribution in [-0.4, -0.2) is 22.5 Å². The first-order chi connectivity index (χ1) is 11.1. The lowest BCUT2D eigenvalue weighted by Gasteiger charge is -2.13. The number of anilines is 1. The minimum absolute atomic E-state index is 0.148. The summed E-state index contributed by atoms with van der Waals surface area (Å²) in [7, 11) is 0. The molecule has 0 radical (unpaired) electrons. The molecule has 0 aromatic carbocycles. The fourth-order valence-corrected chi connectivity index (χ4v) is 4.48. The zero-order chi connectivity index (χ0) is 16.2. The maximum atomic E-state index is 10.4. The van der Waals surface area contributed by atoms with Gasteiger partial charge in [0.2, 0.25) is 0 Å². The van der Waals surface area contributed by atoms with E-state index in [1.807, 2.05) is 18.3 Å². The van der Waals surface area contributed by atoms with E-state index >= 15 is 0 Å². The van der Waals surface area contributed by atoms with Crippen LogP contribution in [-0.2, 0) is 17.6 Å². The maximum Gasteiger partial charge on any atom is 0.138 e. The lowest BCUT2D eigenvalue weighted by atomic mass is 9.97. The molecule has 0 spiro atoms. The van der Waals surface area contributed by atoms with Crippen molar-refractivity contribution in [2.45, 2.75) is 58.3 Å². The fourth-order valence-electron chi connectivity index (χ4n) is 3.17. The van der Waals surface area contributed by atoms with Gasteiger partial charge in [0.1, 0.15) is 16.5 Å². The summed E-state index contributed by atoms with van der Waals surface area (Å²) in [6.07, 6.45) is 7.45. The molecule has 6 heteroatoms. The van der Waals surface area contributed by atoms with Gasteiger partial charge in [-0.2, -0.15) is 0 Å². The zero-order valence-corrected chi connectivity index (χ0v) is 14.3. The summed E-state index contributed by atoms with van der Waals surface area (Å²) in [5.74, 6) is 0.790. The highest BCUT2D eigenvalue weighted by molar-refractivity contribution is 7.19. The second kappa shape index (κ2) is 7.25. The highest BCUT2D eigenvalue weighted by Crippen LogP contribution is 2.38. The minimum atomic E-state index is -0.962. The molecule has 1 aliphatic rings. The number of nitrogens with zero attached hydrogens (tertiary/aromatic N) is 2. The number of hydrogen-bond acceptors (Lipinski definition) is 6. The summed E-state index contributed by atoms with van der Waals surface area (Å²) < 4.78 is 0. The number of unbranched alkanes of at least 4 members (excludes halogenated alkanes) is 2. The number of aliphatic carboxylic acids is 1. The Labute approximate surface area is 140 Å². The highest BCUT2D eigenvalue weighted by Gasteiger charge is 2.20. The Bertz CT molecular complexity index is 711. The number of hydrogen-bond donors (Lipinski definition) is 1. The van der Waals surface area contributed by atoms with Crippen LogP contribution in [0.3, 0.4) is 0 Å². The third-order valence-corrected chi connectivity index (χ3v) is 5.46. The molecule has 0 fully saturated rings. The van der Waals surface area contributed by atoms with Crippen LogP contribution in [0.25, 0.3) is 10.2 Å². The van der Waals surface area contributed by atoms with Crippen LogP contribution in [0, 0.1) is 6.92 Å². The van der Waals surface area contributed by atoms with Crippen molar-refractivity contribution < 1.29 is 9.90 Å². The van der Waals surface area contributed by atoms with Crippen molar-refractivity contribution in [3.63, 3.8) is 0 Å². The highest BCUT2D eigenvalue weighted by atomic mass is 32.1. The number of carboxylic acids is 1. The Hall–Kier alpha value is -1.69. The van der Waals surface area contributed by atoms with Gasteiger partial charge < -0.3 is 15.2 Å². The second-order valence-corrected chi connectivity index (χ2v) is 7.20. The molecule has 23 heavy (non-hydrogen) atoms. The predicted molar refractivity (Wildman–Crippen MR) is 90.8 cm³/mol. The van der Waals surface area contributed by atoms with Crippen molar-refractivity contribution in [1.29, 1.82) is 0 Å². The molecule has 0 saturated heterocycles. The molecule has 0 amide bonds. The fraction of sp³-hybridized carbons (Fsp3) is 0.588. The summed E-state index contributed by atoms with van der Waals surface area (Å²) in [5.41, 5.74) is 1.44. The van der Waals surface area contributed by atoms with Gasteiger partial charge in [0.05, 0.1) is 5.39 Å². The Balaban J connectivity index is 1.70. The number of rotatable bonds is 7. The lowest BCUT2D eigenvalue weighted by molar-refractivity contribution is -0.305. The van der Waals surface area contributed by atoms with Crippen LogP contribution in [0.5, 0.6) is 0 Å². The molecule has 0 atom stereocenters. The average molecular weight is 332 g/mol. The molecular formula is C17H22N3O2S-. The van der Waals surface area contributed by atoms with E-state index in [0.717, 1.165) is 48.7 Å². The lowest BCUT2D eigenvalue weighted by Crippen LogP contribution is -2.21. The number of aromatic nitrogens is 2. The van der Waals surface area contributed by atoms with Gasteiger partial charge in [0.25, 0.3) is 0 Å². The van der Waals surface area contributed by atoms with Gasteiger partial charge in [-0.15, -0.1) is 11.3 Å². The molecule has 1 N–H and O–H groups in total. The SMILES string of the molecule is Cc1nc(NCCCCCC(=O)[O-])c2c3c(sc2n1)CCCC3. The van der Waals surface area contributed by atoms with E-state index in [-0.39, 0.29) is 6.42 Å². The van der Waals surface area contributed by atoms with Crippen LogP contribution in [0.15, 0.2) is 0 Å². The van der Waals surface area contributed by atoms with Crippen molar-refractivity contribution in [2.75, 3.05) is 11.9 Å². The quantitative estimate of drug-likeness (QED) is 0.789. The number of fused-ring (bicyclic) bond motifs is 3. The first-order valence-electron chi connectivity index (χ1n) is 8.38. The normalized spacial score (nSPS) is 14.0. The molecule has 3 rings (SSSR count). The van der Waals surface area contributed by atoms with Gasteiger partial charge in [0, 0.05) is 17.4 Å². The summed E-state index contributed by atoms with van der Waals surface area (Å²) in [4.78, 5) is 22.2. The van der Waals surface area contributed by atoms with E-state index in [9.17, 15) is 9.90 Å². The molecule has 1 aliphatic carbocycles. The monoisotopic (exact) mass is 332 g/mol. The summed E-state index contributed by atoms with van der Waals surface area (Å²) in [6, 6.07) is 0. The van der Waals surface area contributed by atoms with E-state index in [1.165, 1.54) is 28.7 Å². The van der Waals surface area contributed by atoms with E-state index in [0.29, 0.717) is 6.42 Å². The maximum absolute atomic E-state index is 10.4. The molecule has 0 aliphatic heterocycles. The average Bonchev–Trinajstić information content (AvgIpc) is 2.88. The van der Waals surface area contributed by atoms with Crippen LogP contribution in [0.2, 0.25) is 0 Å². The number of nitrogens with one attached hydrogen (secondary N) is 1. The standard InChI is InChI=1S/C17H23N3O2S/c1-11-19-16(18-10-6-2-3-9-14(21)22)15-12-7-4-5-8-13(12)23-17(15)20-11/h2-10H2,1H3,(H,21,22)(H,18,19,20)/p-1. The van der Waals surface area contributed by atoms with Crippen molar-refractivity contribution >= 4 is 33.3 Å². The second-order valence-electron chi connectivity index (χ2n) is 6.12. The summed E-state index contributed by atoms with van der Waals surface area (Å²) in [6.45, 7) is 2.74. The van der Waals surface area contributed by atoms with Crippen molar-refractivity contribution in [3.8, 4) is 0 Å². The first-order valence-corrected chi connectivity index (χ1v) is 9.19. The zero-order valence-electron chi connectivity index (χ0n) is 13.5. The molecule has 0 bridgehead atoms. The predicted octanol–water partition coefficient (Wildman–Crippen LogP) is 2.60. The summed E-state index contributed by atoms with van der Waals surface area (Å²) >= 11 is 1.82. The van der Waals surface area contributed by atoms with E-state index in [1.54, 1.807) is 0 Å². The van der Waals surface area contributed by atoms with E-state index < -0.39 is 5.97 Å². The molecule has 0 unspecified atom stereocenters. The van der Waals surface area contributed by atoms with Gasteiger partial charge in [-0.3, -0.25) is 0 Å². The van der Waals surface area contributed by atoms with Crippen LogP contribution >= 0.6 is 11.3 Å². The smallest absolute Gasteiger partial charge is 0.138 e. The van der Waals surface area contributed by atoms with Crippen LogP contribution < -0.4 is 10.4 Å². The summed E-state index contributed by atoms with van der Waals surface area (Å²) in [5, 5.41) is 15.1. The van der Waals surface area contributed by atoms with Gasteiger partial charge in [-0.1, -0.05) is 6.42 Å². The minimum Gasteiger partial charge on any atom is -0.550 e. The molecular weight excluding hydrogens is 310 g/mol. The number of carboxylic acid groups (broad SMARTS) is 1. The number of thiophene rings is 1. The Morgan fingerprint density at radius 2 is 2.04 bits per heavy atom. The van der Waals surface area contributed by atoms with Crippen molar-refractivity contribution in [3.05, 3.63) is 16.3 Å². The van der Waals surface area contributed by atoms with E-state index in [4.69, 9.17) is 0 Å². The molecule has 124 valence electrons. The Morgan fingerprint density at radius 1 is 1.22 bits per heavy atom. The molecule has 0 saturated carbocycles. The Morgan fingerprint density at radius 3 is 2.87 bits per heavy atom. The Kier molecular flexibility index (Phi) is 5.10. The van der Waals surface area contributed by atoms with Gasteiger partial charge >= 0.3 is 0 Å². The van der Waals surface area contributed by atoms with Gasteiger partial charge in [-0.25, -0.2) is 9.97 Å². The molecule has 5 nitrogen and oxygen atoms in total. The van der Waals surface area contributed by atoms with Crippen molar-refractivity contribution in [1.82, 2.24) is 9.97 Å². The number of carbonyl (C=O) groups excluding carboxylic acids is 1. The third kappa shape index (κ3) is 3.80. The topological polar surface area (TPSA) is 77.9 Å². The number of carbonyl (C=O) groups is 1. The van der Waals surface area contributed by atoms with E-state index in [2.05, 4.69) is 15.3 Å². The molecule has 2 aromatic heterocycles. The first kappa shape index (κ1) is 16.2. The van der Waals surface area contributed by atoms with Crippen LogP contribution in [0.1, 0.15) is 54.8 Å². The number of aryl methyl sites for hydroxylation is 3. The van der Waals surface area contributed by atoms with Crippen molar-refractivity contribution in [2.24, 2.45) is 0 Å². The van der Waals surface area contributed by atoms with Gasteiger partial charge in [-0.05, 0) is 57.4 Å². The largest absolute Gasteiger partial charge is 0.550 e. The van der Waals surface area contributed by atoms with Gasteiger partial charge in [0.15, 0.2) is 0 Å². The molecule has 2 aromatic rings. The third-order valence-electron chi connectivity index (χ3n) is 4.28. The molecule has 2 heterocycles. The van der Waals surface area contributed by atoms with Crippen LogP contribution in [0.4, 0.5) is 5.82 Å².